The van der Waals surface area contributed by atoms with Crippen molar-refractivity contribution in [1.82, 2.24) is 4.98 Å². The van der Waals surface area contributed by atoms with Crippen molar-refractivity contribution >= 4 is 5.82 Å². The maximum Gasteiger partial charge on any atom is 0.131 e. The summed E-state index contributed by atoms with van der Waals surface area (Å²) in [5.74, 6) is 1.18. The Bertz CT molecular complexity index is 330. The second-order valence-electron chi connectivity index (χ2n) is 4.70. The van der Waals surface area contributed by atoms with E-state index in [0.717, 1.165) is 25.9 Å². The fourth-order valence-corrected chi connectivity index (χ4v) is 2.22. The quantitative estimate of drug-likeness (QED) is 0.841. The van der Waals surface area contributed by atoms with Crippen molar-refractivity contribution in [1.29, 1.82) is 0 Å². The van der Waals surface area contributed by atoms with Gasteiger partial charge in [0.1, 0.15) is 5.82 Å². The average Bonchev–Trinajstić information content (AvgIpc) is 2.80. The van der Waals surface area contributed by atoms with Crippen LogP contribution in [-0.4, -0.2) is 24.1 Å². The van der Waals surface area contributed by atoms with Gasteiger partial charge in [-0.2, -0.15) is 0 Å². The van der Waals surface area contributed by atoms with Gasteiger partial charge in [-0.25, -0.2) is 4.98 Å². The van der Waals surface area contributed by atoms with Gasteiger partial charge in [0.2, 0.25) is 0 Å². The van der Waals surface area contributed by atoms with Crippen LogP contribution in [-0.2, 0) is 6.42 Å². The van der Waals surface area contributed by atoms with Crippen molar-refractivity contribution in [2.75, 3.05) is 18.0 Å². The van der Waals surface area contributed by atoms with Crippen molar-refractivity contribution in [3.05, 3.63) is 23.9 Å². The van der Waals surface area contributed by atoms with Gasteiger partial charge < -0.3 is 10.6 Å². The summed E-state index contributed by atoms with van der Waals surface area (Å²) >= 11 is 0. The van der Waals surface area contributed by atoms with E-state index in [1.54, 1.807) is 0 Å². The summed E-state index contributed by atoms with van der Waals surface area (Å²) in [4.78, 5) is 6.92. The lowest BCUT2D eigenvalue weighted by atomic mass is 10.1. The minimum Gasteiger partial charge on any atom is -0.356 e. The molecule has 88 valence electrons. The predicted octanol–water partition coefficient (Wildman–Crippen LogP) is 1.96. The molecule has 3 nitrogen and oxygen atoms in total. The van der Waals surface area contributed by atoms with Gasteiger partial charge in [0.05, 0.1) is 0 Å². The molecule has 3 heteroatoms. The van der Waals surface area contributed by atoms with Crippen molar-refractivity contribution in [2.45, 2.75) is 38.6 Å². The minimum absolute atomic E-state index is 0.270. The van der Waals surface area contributed by atoms with Crippen LogP contribution in [0.3, 0.4) is 0 Å². The number of anilines is 1. The molecule has 2 heterocycles. The van der Waals surface area contributed by atoms with Gasteiger partial charge in [-0.15, -0.1) is 0 Å². The SMILES string of the molecule is C[C@H](N)CCc1cccnc1N1CCCC1. The number of aryl methyl sites for hydroxylation is 1. The van der Waals surface area contributed by atoms with Crippen LogP contribution in [0.15, 0.2) is 18.3 Å². The van der Waals surface area contributed by atoms with Crippen molar-refractivity contribution in [3.8, 4) is 0 Å². The lowest BCUT2D eigenvalue weighted by molar-refractivity contribution is 0.664. The molecule has 1 fully saturated rings. The van der Waals surface area contributed by atoms with Crippen molar-refractivity contribution < 1.29 is 0 Å². The maximum atomic E-state index is 5.81. The Morgan fingerprint density at radius 1 is 1.44 bits per heavy atom. The van der Waals surface area contributed by atoms with E-state index in [-0.39, 0.29) is 6.04 Å². The molecule has 16 heavy (non-hydrogen) atoms. The van der Waals surface area contributed by atoms with Gasteiger partial charge in [-0.05, 0) is 44.2 Å². The summed E-state index contributed by atoms with van der Waals surface area (Å²) in [6, 6.07) is 4.48. The molecule has 0 saturated carbocycles. The Morgan fingerprint density at radius 3 is 2.88 bits per heavy atom. The Morgan fingerprint density at radius 2 is 2.19 bits per heavy atom. The molecule has 0 spiro atoms. The van der Waals surface area contributed by atoms with E-state index >= 15 is 0 Å². The second kappa shape index (κ2) is 5.30. The van der Waals surface area contributed by atoms with Crippen LogP contribution < -0.4 is 10.6 Å². The Hall–Kier alpha value is -1.09. The molecule has 1 aliphatic heterocycles. The van der Waals surface area contributed by atoms with Crippen LogP contribution >= 0.6 is 0 Å². The standard InChI is InChI=1S/C13H21N3/c1-11(14)6-7-12-5-4-8-15-13(12)16-9-2-3-10-16/h4-5,8,11H,2-3,6-7,9-10,14H2,1H3/t11-/m0/s1. The number of hydrogen-bond acceptors (Lipinski definition) is 3. The van der Waals surface area contributed by atoms with Crippen LogP contribution in [0, 0.1) is 0 Å². The lowest BCUT2D eigenvalue weighted by Gasteiger charge is -2.20. The average molecular weight is 219 g/mol. The van der Waals surface area contributed by atoms with E-state index in [2.05, 4.69) is 22.9 Å². The third kappa shape index (κ3) is 2.73. The Kier molecular flexibility index (Phi) is 3.78. The first-order chi connectivity index (χ1) is 7.77. The van der Waals surface area contributed by atoms with Crippen LogP contribution in [0.25, 0.3) is 0 Å². The first kappa shape index (κ1) is 11.4. The van der Waals surface area contributed by atoms with Crippen LogP contribution in [0.2, 0.25) is 0 Å². The summed E-state index contributed by atoms with van der Waals surface area (Å²) in [6.45, 7) is 4.37. The molecule has 0 bridgehead atoms. The number of nitrogens with zero attached hydrogens (tertiary/aromatic N) is 2. The molecule has 1 saturated heterocycles. The van der Waals surface area contributed by atoms with E-state index in [9.17, 15) is 0 Å². The molecule has 2 rings (SSSR count). The van der Waals surface area contributed by atoms with Crippen molar-refractivity contribution in [2.24, 2.45) is 5.73 Å². The first-order valence-corrected chi connectivity index (χ1v) is 6.22. The lowest BCUT2D eigenvalue weighted by Crippen LogP contribution is -2.21. The summed E-state index contributed by atoms with van der Waals surface area (Å²) < 4.78 is 0. The highest BCUT2D eigenvalue weighted by molar-refractivity contribution is 5.47. The molecule has 0 aromatic carbocycles. The highest BCUT2D eigenvalue weighted by Crippen LogP contribution is 2.22. The van der Waals surface area contributed by atoms with Gasteiger partial charge in [0, 0.05) is 25.3 Å². The van der Waals surface area contributed by atoms with E-state index in [1.807, 2.05) is 12.3 Å². The van der Waals surface area contributed by atoms with E-state index in [1.165, 1.54) is 24.2 Å². The first-order valence-electron chi connectivity index (χ1n) is 6.22. The number of aromatic nitrogens is 1. The minimum atomic E-state index is 0.270. The van der Waals surface area contributed by atoms with E-state index < -0.39 is 0 Å². The molecule has 1 atom stereocenters. The van der Waals surface area contributed by atoms with Crippen LogP contribution in [0.4, 0.5) is 5.82 Å². The summed E-state index contributed by atoms with van der Waals surface area (Å²) in [5, 5.41) is 0. The Labute approximate surface area is 97.7 Å². The zero-order valence-corrected chi connectivity index (χ0v) is 10.0. The van der Waals surface area contributed by atoms with Gasteiger partial charge >= 0.3 is 0 Å². The topological polar surface area (TPSA) is 42.1 Å². The monoisotopic (exact) mass is 219 g/mol. The fraction of sp³-hybridized carbons (Fsp3) is 0.615. The highest BCUT2D eigenvalue weighted by Gasteiger charge is 2.16. The third-order valence-corrected chi connectivity index (χ3v) is 3.14. The van der Waals surface area contributed by atoms with E-state index in [0.29, 0.717) is 0 Å². The van der Waals surface area contributed by atoms with Crippen LogP contribution in [0.1, 0.15) is 31.7 Å². The molecular formula is C13H21N3. The number of nitrogens with two attached hydrogens (primary N) is 1. The predicted molar refractivity (Wildman–Crippen MR) is 67.7 cm³/mol. The zero-order valence-electron chi connectivity index (χ0n) is 10.0. The zero-order chi connectivity index (χ0) is 11.4. The number of pyridine rings is 1. The molecule has 2 N–H and O–H groups in total. The van der Waals surface area contributed by atoms with E-state index in [4.69, 9.17) is 5.73 Å². The smallest absolute Gasteiger partial charge is 0.131 e. The van der Waals surface area contributed by atoms with Crippen LogP contribution in [0.5, 0.6) is 0 Å². The summed E-state index contributed by atoms with van der Waals surface area (Å²) in [5.41, 5.74) is 7.16. The summed E-state index contributed by atoms with van der Waals surface area (Å²) in [6.07, 6.45) is 6.56. The maximum absolute atomic E-state index is 5.81. The highest BCUT2D eigenvalue weighted by atomic mass is 15.2. The third-order valence-electron chi connectivity index (χ3n) is 3.14. The molecule has 1 aliphatic rings. The molecule has 0 unspecified atom stereocenters. The number of rotatable bonds is 4. The molecule has 0 aliphatic carbocycles. The number of hydrogen-bond donors (Lipinski definition) is 1. The Balaban J connectivity index is 2.10. The van der Waals surface area contributed by atoms with Crippen molar-refractivity contribution in [3.63, 3.8) is 0 Å². The largest absolute Gasteiger partial charge is 0.356 e. The van der Waals surface area contributed by atoms with Gasteiger partial charge in [-0.1, -0.05) is 6.07 Å². The molecule has 0 amide bonds. The molecule has 1 aromatic heterocycles. The molecule has 0 radical (unpaired) electrons. The second-order valence-corrected chi connectivity index (χ2v) is 4.70. The molecular weight excluding hydrogens is 198 g/mol. The normalized spacial score (nSPS) is 17.8. The van der Waals surface area contributed by atoms with Gasteiger partial charge in [0.15, 0.2) is 0 Å². The summed E-state index contributed by atoms with van der Waals surface area (Å²) in [7, 11) is 0. The van der Waals surface area contributed by atoms with Gasteiger partial charge in [-0.3, -0.25) is 0 Å². The fourth-order valence-electron chi connectivity index (χ4n) is 2.22. The molecule has 1 aromatic rings. The van der Waals surface area contributed by atoms with Gasteiger partial charge in [0.25, 0.3) is 0 Å².